The number of nitrogens with two attached hydrogens (primary N) is 1. The summed E-state index contributed by atoms with van der Waals surface area (Å²) in [5.41, 5.74) is 6.18. The van der Waals surface area contributed by atoms with Gasteiger partial charge in [0.15, 0.2) is 0 Å². The van der Waals surface area contributed by atoms with Crippen molar-refractivity contribution in [1.82, 2.24) is 9.71 Å². The molecule has 5 heteroatoms. The fraction of sp³-hybridized carbons (Fsp3) is 0. The zero-order valence-corrected chi connectivity index (χ0v) is 7.83. The number of hydrogen-bond donors (Lipinski definition) is 1. The van der Waals surface area contributed by atoms with E-state index >= 15 is 0 Å². The molecule has 0 saturated carbocycles. The first-order chi connectivity index (χ1) is 7.27. The molecule has 2 aromatic heterocycles. The first-order valence-corrected chi connectivity index (χ1v) is 4.32. The summed E-state index contributed by atoms with van der Waals surface area (Å²) in [6.07, 6.45) is 6.14. The third-order valence-electron chi connectivity index (χ3n) is 1.84. The lowest BCUT2D eigenvalue weighted by molar-refractivity contribution is 0.0464. The summed E-state index contributed by atoms with van der Waals surface area (Å²) in [7, 11) is 0. The lowest BCUT2D eigenvalue weighted by Gasteiger charge is -2.05. The zero-order valence-electron chi connectivity index (χ0n) is 7.83. The van der Waals surface area contributed by atoms with Gasteiger partial charge in [0.05, 0.1) is 17.4 Å². The molecule has 0 bridgehead atoms. The Morgan fingerprint density at radius 3 is 2.80 bits per heavy atom. The number of rotatable bonds is 2. The van der Waals surface area contributed by atoms with Crippen LogP contribution in [-0.4, -0.2) is 15.7 Å². The maximum atomic E-state index is 11.6. The number of carbonyl (C=O) groups is 1. The predicted molar refractivity (Wildman–Crippen MR) is 54.0 cm³/mol. The standard InChI is InChI=1S/C10H9N3O2/c11-9-7-12-4-3-8(9)10(14)15-13-5-1-2-6-13/h1-7H,11H2. The van der Waals surface area contributed by atoms with Gasteiger partial charge in [0.1, 0.15) is 0 Å². The van der Waals surface area contributed by atoms with Crippen LogP contribution in [0, 0.1) is 0 Å². The second-order valence-electron chi connectivity index (χ2n) is 2.88. The van der Waals surface area contributed by atoms with Gasteiger partial charge in [-0.1, -0.05) is 0 Å². The van der Waals surface area contributed by atoms with Gasteiger partial charge in [-0.3, -0.25) is 4.98 Å². The van der Waals surface area contributed by atoms with Crippen molar-refractivity contribution in [3.8, 4) is 0 Å². The van der Waals surface area contributed by atoms with E-state index in [1.165, 1.54) is 23.2 Å². The summed E-state index contributed by atoms with van der Waals surface area (Å²) >= 11 is 0. The van der Waals surface area contributed by atoms with E-state index in [1.807, 2.05) is 0 Å². The molecule has 0 atom stereocenters. The Hall–Kier alpha value is -2.30. The Morgan fingerprint density at radius 2 is 2.13 bits per heavy atom. The molecule has 0 unspecified atom stereocenters. The Morgan fingerprint density at radius 1 is 1.40 bits per heavy atom. The summed E-state index contributed by atoms with van der Waals surface area (Å²) in [4.78, 5) is 20.4. The number of aromatic nitrogens is 2. The lowest BCUT2D eigenvalue weighted by atomic mass is 10.2. The number of anilines is 1. The topological polar surface area (TPSA) is 70.1 Å². The number of pyridine rings is 1. The Balaban J connectivity index is 2.19. The quantitative estimate of drug-likeness (QED) is 0.781. The average molecular weight is 203 g/mol. The van der Waals surface area contributed by atoms with Gasteiger partial charge in [-0.15, -0.1) is 0 Å². The van der Waals surface area contributed by atoms with Gasteiger partial charge >= 0.3 is 5.97 Å². The molecule has 0 aromatic carbocycles. The Bertz CT molecular complexity index is 465. The van der Waals surface area contributed by atoms with Crippen LogP contribution in [0.25, 0.3) is 0 Å². The third-order valence-corrected chi connectivity index (χ3v) is 1.84. The molecule has 0 radical (unpaired) electrons. The van der Waals surface area contributed by atoms with Crippen molar-refractivity contribution in [3.05, 3.63) is 48.5 Å². The minimum atomic E-state index is -0.508. The van der Waals surface area contributed by atoms with Crippen LogP contribution < -0.4 is 10.6 Å². The minimum absolute atomic E-state index is 0.301. The highest BCUT2D eigenvalue weighted by Crippen LogP contribution is 2.08. The van der Waals surface area contributed by atoms with E-state index in [1.54, 1.807) is 24.5 Å². The molecule has 0 saturated heterocycles. The van der Waals surface area contributed by atoms with Crippen molar-refractivity contribution >= 4 is 11.7 Å². The molecule has 2 aromatic rings. The van der Waals surface area contributed by atoms with Gasteiger partial charge in [0, 0.05) is 18.6 Å². The van der Waals surface area contributed by atoms with Crippen LogP contribution in [0.1, 0.15) is 10.4 Å². The van der Waals surface area contributed by atoms with E-state index in [0.29, 0.717) is 11.3 Å². The molecule has 5 nitrogen and oxygen atoms in total. The SMILES string of the molecule is Nc1cnccc1C(=O)On1cccc1. The van der Waals surface area contributed by atoms with Crippen LogP contribution in [0.4, 0.5) is 5.69 Å². The molecular formula is C10H9N3O2. The summed E-state index contributed by atoms with van der Waals surface area (Å²) in [5.74, 6) is -0.508. The normalized spacial score (nSPS) is 9.87. The number of nitrogens with zero attached hydrogens (tertiary/aromatic N) is 2. The molecule has 0 aliphatic carbocycles. The van der Waals surface area contributed by atoms with E-state index in [2.05, 4.69) is 4.98 Å². The van der Waals surface area contributed by atoms with Crippen LogP contribution in [0.15, 0.2) is 43.0 Å². The second kappa shape index (κ2) is 3.83. The summed E-state index contributed by atoms with van der Waals surface area (Å²) in [6.45, 7) is 0. The smallest absolute Gasteiger partial charge is 0.365 e. The van der Waals surface area contributed by atoms with Crippen LogP contribution in [0.5, 0.6) is 0 Å². The van der Waals surface area contributed by atoms with E-state index in [0.717, 1.165) is 0 Å². The molecule has 0 aliphatic rings. The van der Waals surface area contributed by atoms with E-state index in [-0.39, 0.29) is 0 Å². The van der Waals surface area contributed by atoms with Crippen molar-refractivity contribution in [2.75, 3.05) is 5.73 Å². The average Bonchev–Trinajstić information content (AvgIpc) is 2.71. The molecule has 0 amide bonds. The first-order valence-electron chi connectivity index (χ1n) is 4.32. The summed E-state index contributed by atoms with van der Waals surface area (Å²) in [5, 5.41) is 0. The fourth-order valence-electron chi connectivity index (χ4n) is 1.12. The van der Waals surface area contributed by atoms with Gasteiger partial charge in [-0.25, -0.2) is 4.79 Å². The molecule has 0 fully saturated rings. The van der Waals surface area contributed by atoms with Crippen molar-refractivity contribution in [2.45, 2.75) is 0 Å². The van der Waals surface area contributed by atoms with E-state index < -0.39 is 5.97 Å². The van der Waals surface area contributed by atoms with E-state index in [4.69, 9.17) is 10.6 Å². The predicted octanol–water partition coefficient (Wildman–Crippen LogP) is 0.734. The zero-order chi connectivity index (χ0) is 10.7. The second-order valence-corrected chi connectivity index (χ2v) is 2.88. The highest BCUT2D eigenvalue weighted by Gasteiger charge is 2.11. The minimum Gasteiger partial charge on any atom is -0.397 e. The number of nitrogen functional groups attached to an aromatic ring is 1. The lowest BCUT2D eigenvalue weighted by Crippen LogP contribution is -2.19. The molecule has 0 aliphatic heterocycles. The van der Waals surface area contributed by atoms with Gasteiger partial charge in [-0.05, 0) is 18.2 Å². The first kappa shape index (κ1) is 9.26. The Kier molecular flexibility index (Phi) is 2.37. The Labute approximate surface area is 86.1 Å². The largest absolute Gasteiger partial charge is 0.397 e. The van der Waals surface area contributed by atoms with Crippen molar-refractivity contribution < 1.29 is 9.63 Å². The molecule has 76 valence electrons. The van der Waals surface area contributed by atoms with Crippen LogP contribution in [0.3, 0.4) is 0 Å². The summed E-state index contributed by atoms with van der Waals surface area (Å²) in [6, 6.07) is 5.02. The molecule has 0 spiro atoms. The van der Waals surface area contributed by atoms with Gasteiger partial charge < -0.3 is 10.6 Å². The van der Waals surface area contributed by atoms with E-state index in [9.17, 15) is 4.79 Å². The van der Waals surface area contributed by atoms with Crippen LogP contribution in [0.2, 0.25) is 0 Å². The highest BCUT2D eigenvalue weighted by molar-refractivity contribution is 5.94. The van der Waals surface area contributed by atoms with Crippen molar-refractivity contribution in [1.29, 1.82) is 0 Å². The molecule has 2 heterocycles. The number of hydrogen-bond acceptors (Lipinski definition) is 4. The van der Waals surface area contributed by atoms with Crippen molar-refractivity contribution in [3.63, 3.8) is 0 Å². The molecule has 2 N–H and O–H groups in total. The number of carbonyl (C=O) groups excluding carboxylic acids is 1. The highest BCUT2D eigenvalue weighted by atomic mass is 16.7. The maximum Gasteiger partial charge on any atom is 0.365 e. The van der Waals surface area contributed by atoms with Gasteiger partial charge in [0.25, 0.3) is 0 Å². The van der Waals surface area contributed by atoms with Gasteiger partial charge in [-0.2, -0.15) is 4.73 Å². The fourth-order valence-corrected chi connectivity index (χ4v) is 1.12. The molecule has 2 rings (SSSR count). The van der Waals surface area contributed by atoms with Crippen LogP contribution >= 0.6 is 0 Å². The molecular weight excluding hydrogens is 194 g/mol. The van der Waals surface area contributed by atoms with Crippen LogP contribution in [-0.2, 0) is 0 Å². The van der Waals surface area contributed by atoms with Crippen molar-refractivity contribution in [2.24, 2.45) is 0 Å². The van der Waals surface area contributed by atoms with Gasteiger partial charge in [0.2, 0.25) is 0 Å². The third kappa shape index (κ3) is 1.96. The maximum absolute atomic E-state index is 11.6. The summed E-state index contributed by atoms with van der Waals surface area (Å²) < 4.78 is 1.31. The monoisotopic (exact) mass is 203 g/mol. The molecule has 15 heavy (non-hydrogen) atoms.